The van der Waals surface area contributed by atoms with Crippen molar-refractivity contribution in [2.75, 3.05) is 12.4 Å². The number of hydrogen-bond acceptors (Lipinski definition) is 2. The minimum atomic E-state index is -0.212. The fourth-order valence-corrected chi connectivity index (χ4v) is 2.81. The number of rotatable bonds is 5. The normalized spacial score (nSPS) is 13.5. The molecule has 1 aliphatic rings. The van der Waals surface area contributed by atoms with E-state index in [2.05, 4.69) is 41.8 Å². The van der Waals surface area contributed by atoms with Crippen molar-refractivity contribution in [1.82, 2.24) is 5.32 Å². The van der Waals surface area contributed by atoms with Crippen LogP contribution in [0.4, 0.5) is 10.5 Å². The highest BCUT2D eigenvalue weighted by molar-refractivity contribution is 5.90. The molecule has 0 bridgehead atoms. The molecule has 4 nitrogen and oxygen atoms in total. The van der Waals surface area contributed by atoms with E-state index in [0.29, 0.717) is 12.5 Å². The third-order valence-corrected chi connectivity index (χ3v) is 4.37. The Morgan fingerprint density at radius 1 is 1.17 bits per heavy atom. The Kier molecular flexibility index (Phi) is 4.74. The highest BCUT2D eigenvalue weighted by Crippen LogP contribution is 2.41. The first-order valence-corrected chi connectivity index (χ1v) is 8.38. The average Bonchev–Trinajstić information content (AvgIpc) is 3.39. The van der Waals surface area contributed by atoms with Gasteiger partial charge in [-0.25, -0.2) is 4.79 Å². The largest absolute Gasteiger partial charge is 0.489 e. The molecule has 1 saturated carbocycles. The van der Waals surface area contributed by atoms with Crippen LogP contribution in [0.2, 0.25) is 0 Å². The van der Waals surface area contributed by atoms with Crippen molar-refractivity contribution in [3.63, 3.8) is 0 Å². The van der Waals surface area contributed by atoms with E-state index in [4.69, 9.17) is 4.74 Å². The Hall–Kier alpha value is -2.49. The van der Waals surface area contributed by atoms with Crippen LogP contribution in [-0.2, 0) is 6.61 Å². The van der Waals surface area contributed by atoms with Gasteiger partial charge in [0.2, 0.25) is 0 Å². The monoisotopic (exact) mass is 324 g/mol. The van der Waals surface area contributed by atoms with Crippen molar-refractivity contribution in [1.29, 1.82) is 0 Å². The first kappa shape index (κ1) is 16.4. The van der Waals surface area contributed by atoms with E-state index in [1.165, 1.54) is 24.0 Å². The van der Waals surface area contributed by atoms with Gasteiger partial charge in [0.05, 0.1) is 0 Å². The number of aryl methyl sites for hydroxylation is 2. The van der Waals surface area contributed by atoms with Crippen LogP contribution < -0.4 is 15.4 Å². The molecule has 0 unspecified atom stereocenters. The number of carbonyl (C=O) groups excluding carboxylic acids is 1. The van der Waals surface area contributed by atoms with Crippen LogP contribution in [0.15, 0.2) is 36.4 Å². The van der Waals surface area contributed by atoms with Crippen LogP contribution in [0.5, 0.6) is 5.75 Å². The summed E-state index contributed by atoms with van der Waals surface area (Å²) in [6.45, 7) is 4.54. The molecular formula is C20H24N2O2. The first-order chi connectivity index (χ1) is 11.6. The van der Waals surface area contributed by atoms with Gasteiger partial charge >= 0.3 is 6.03 Å². The Morgan fingerprint density at radius 3 is 2.62 bits per heavy atom. The molecule has 2 N–H and O–H groups in total. The summed E-state index contributed by atoms with van der Waals surface area (Å²) in [6.07, 6.45) is 2.47. The quantitative estimate of drug-likeness (QED) is 0.850. The molecule has 0 saturated heterocycles. The zero-order valence-corrected chi connectivity index (χ0v) is 14.5. The number of amides is 2. The molecule has 0 spiro atoms. The van der Waals surface area contributed by atoms with Gasteiger partial charge in [0.25, 0.3) is 0 Å². The minimum absolute atomic E-state index is 0.212. The van der Waals surface area contributed by atoms with Crippen LogP contribution in [0, 0.1) is 13.8 Å². The van der Waals surface area contributed by atoms with Gasteiger partial charge in [-0.1, -0.05) is 29.8 Å². The van der Waals surface area contributed by atoms with Gasteiger partial charge in [0.15, 0.2) is 0 Å². The molecule has 4 heteroatoms. The zero-order chi connectivity index (χ0) is 17.1. The predicted octanol–water partition coefficient (Wildman–Crippen LogP) is 4.51. The molecule has 2 aromatic carbocycles. The number of ether oxygens (including phenoxy) is 1. The lowest BCUT2D eigenvalue weighted by Crippen LogP contribution is -2.25. The molecule has 3 rings (SSSR count). The summed E-state index contributed by atoms with van der Waals surface area (Å²) >= 11 is 0. The smallest absolute Gasteiger partial charge is 0.318 e. The van der Waals surface area contributed by atoms with Gasteiger partial charge in [-0.3, -0.25) is 0 Å². The molecule has 2 aromatic rings. The highest BCUT2D eigenvalue weighted by Gasteiger charge is 2.24. The molecule has 0 radical (unpaired) electrons. The van der Waals surface area contributed by atoms with Crippen molar-refractivity contribution in [2.45, 2.75) is 39.2 Å². The summed E-state index contributed by atoms with van der Waals surface area (Å²) in [5.74, 6) is 1.52. The summed E-state index contributed by atoms with van der Waals surface area (Å²) in [5, 5.41) is 5.52. The van der Waals surface area contributed by atoms with E-state index in [9.17, 15) is 4.79 Å². The molecule has 0 aliphatic heterocycles. The number of anilines is 1. The second-order valence-electron chi connectivity index (χ2n) is 6.45. The number of nitrogens with one attached hydrogen (secondary N) is 2. The van der Waals surface area contributed by atoms with Crippen molar-refractivity contribution >= 4 is 11.7 Å². The predicted molar refractivity (Wildman–Crippen MR) is 96.7 cm³/mol. The zero-order valence-electron chi connectivity index (χ0n) is 14.5. The Labute approximate surface area is 143 Å². The molecule has 126 valence electrons. The Bertz CT molecular complexity index is 751. The second-order valence-corrected chi connectivity index (χ2v) is 6.45. The lowest BCUT2D eigenvalue weighted by Gasteiger charge is -2.15. The van der Waals surface area contributed by atoms with Crippen LogP contribution in [0.25, 0.3) is 0 Å². The summed E-state index contributed by atoms with van der Waals surface area (Å²) < 4.78 is 5.98. The third kappa shape index (κ3) is 3.88. The van der Waals surface area contributed by atoms with Gasteiger partial charge < -0.3 is 15.4 Å². The molecular weight excluding hydrogens is 300 g/mol. The van der Waals surface area contributed by atoms with Crippen LogP contribution in [0.1, 0.15) is 41.0 Å². The average molecular weight is 324 g/mol. The maximum atomic E-state index is 11.7. The molecule has 2 amide bonds. The van der Waals surface area contributed by atoms with Crippen LogP contribution in [0.3, 0.4) is 0 Å². The SMILES string of the molecule is CNC(=O)Nc1cc(C2CC2)ccc1COc1ccc(C)cc1C. The maximum absolute atomic E-state index is 11.7. The van der Waals surface area contributed by atoms with Gasteiger partial charge in [-0.2, -0.15) is 0 Å². The number of benzene rings is 2. The maximum Gasteiger partial charge on any atom is 0.318 e. The van der Waals surface area contributed by atoms with E-state index in [0.717, 1.165) is 22.6 Å². The van der Waals surface area contributed by atoms with Gasteiger partial charge in [-0.05, 0) is 55.9 Å². The molecule has 24 heavy (non-hydrogen) atoms. The van der Waals surface area contributed by atoms with Crippen molar-refractivity contribution < 1.29 is 9.53 Å². The van der Waals surface area contributed by atoms with Gasteiger partial charge in [0.1, 0.15) is 12.4 Å². The molecule has 0 heterocycles. The second kappa shape index (κ2) is 6.95. The topological polar surface area (TPSA) is 50.4 Å². The number of carbonyl (C=O) groups is 1. The standard InChI is InChI=1S/C20H24N2O2/c1-13-4-9-19(14(2)10-13)24-12-17-8-7-16(15-5-6-15)11-18(17)22-20(23)21-3/h4,7-11,15H,5-6,12H2,1-3H3,(H2,21,22,23). The van der Waals surface area contributed by atoms with Crippen LogP contribution in [-0.4, -0.2) is 13.1 Å². The van der Waals surface area contributed by atoms with Crippen LogP contribution >= 0.6 is 0 Å². The summed E-state index contributed by atoms with van der Waals surface area (Å²) in [4.78, 5) is 11.7. The molecule has 0 aromatic heterocycles. The van der Waals surface area contributed by atoms with Gasteiger partial charge in [0, 0.05) is 18.3 Å². The Balaban J connectivity index is 1.79. The Morgan fingerprint density at radius 2 is 1.96 bits per heavy atom. The highest BCUT2D eigenvalue weighted by atomic mass is 16.5. The summed E-state index contributed by atoms with van der Waals surface area (Å²) in [6, 6.07) is 12.2. The fourth-order valence-electron chi connectivity index (χ4n) is 2.81. The molecule has 1 aliphatic carbocycles. The van der Waals surface area contributed by atoms with Crippen molar-refractivity contribution in [3.05, 3.63) is 58.7 Å². The van der Waals surface area contributed by atoms with Gasteiger partial charge in [-0.15, -0.1) is 0 Å². The van der Waals surface area contributed by atoms with E-state index in [1.807, 2.05) is 19.1 Å². The summed E-state index contributed by atoms with van der Waals surface area (Å²) in [5.41, 5.74) is 5.42. The van der Waals surface area contributed by atoms with E-state index >= 15 is 0 Å². The first-order valence-electron chi connectivity index (χ1n) is 8.38. The lowest BCUT2D eigenvalue weighted by molar-refractivity contribution is 0.254. The third-order valence-electron chi connectivity index (χ3n) is 4.37. The van der Waals surface area contributed by atoms with Crippen molar-refractivity contribution in [3.8, 4) is 5.75 Å². The minimum Gasteiger partial charge on any atom is -0.489 e. The lowest BCUT2D eigenvalue weighted by atomic mass is 10.1. The van der Waals surface area contributed by atoms with E-state index in [1.54, 1.807) is 7.05 Å². The summed E-state index contributed by atoms with van der Waals surface area (Å²) in [7, 11) is 1.62. The fraction of sp³-hybridized carbons (Fsp3) is 0.350. The van der Waals surface area contributed by atoms with E-state index in [-0.39, 0.29) is 6.03 Å². The van der Waals surface area contributed by atoms with E-state index < -0.39 is 0 Å². The van der Waals surface area contributed by atoms with Crippen molar-refractivity contribution in [2.24, 2.45) is 0 Å². The number of hydrogen-bond donors (Lipinski definition) is 2. The number of urea groups is 1. The molecule has 0 atom stereocenters. The molecule has 1 fully saturated rings.